The molecular formula is C15H18ClN5OS. The van der Waals surface area contributed by atoms with Gasteiger partial charge in [0.05, 0.1) is 19.8 Å². The van der Waals surface area contributed by atoms with Crippen LogP contribution in [-0.4, -0.2) is 52.6 Å². The van der Waals surface area contributed by atoms with Crippen LogP contribution in [-0.2, 0) is 11.3 Å². The third-order valence-corrected chi connectivity index (χ3v) is 4.41. The lowest BCUT2D eigenvalue weighted by atomic mass is 10.4. The number of morpholine rings is 1. The summed E-state index contributed by atoms with van der Waals surface area (Å²) in [5.74, 6) is 1.57. The fourth-order valence-electron chi connectivity index (χ4n) is 2.29. The van der Waals surface area contributed by atoms with Crippen LogP contribution in [0, 0.1) is 0 Å². The smallest absolute Gasteiger partial charge is 0.147 e. The highest BCUT2D eigenvalue weighted by Crippen LogP contribution is 2.23. The molecule has 1 aliphatic rings. The molecule has 2 aromatic heterocycles. The molecule has 122 valence electrons. The second-order valence-corrected chi connectivity index (χ2v) is 6.80. The van der Waals surface area contributed by atoms with Gasteiger partial charge < -0.3 is 9.64 Å². The summed E-state index contributed by atoms with van der Waals surface area (Å²) in [6.07, 6.45) is 3.60. The average molecular weight is 352 g/mol. The zero-order chi connectivity index (χ0) is 16.1. The minimum absolute atomic E-state index is 0.469. The Kier molecular flexibility index (Phi) is 5.66. The van der Waals surface area contributed by atoms with Gasteiger partial charge >= 0.3 is 0 Å². The maximum atomic E-state index is 6.17. The van der Waals surface area contributed by atoms with Crippen molar-refractivity contribution in [3.8, 4) is 0 Å². The molecular weight excluding hydrogens is 334 g/mol. The molecule has 1 aliphatic heterocycles. The SMILES string of the molecule is CN(Cc1nc(Cl)cc(N2CCOCC2)n1)Sc1cccnc1. The molecule has 0 N–H and O–H groups in total. The summed E-state index contributed by atoms with van der Waals surface area (Å²) >= 11 is 7.77. The van der Waals surface area contributed by atoms with Gasteiger partial charge in [-0.25, -0.2) is 14.3 Å². The summed E-state index contributed by atoms with van der Waals surface area (Å²) in [5.41, 5.74) is 0. The number of anilines is 1. The highest BCUT2D eigenvalue weighted by molar-refractivity contribution is 7.97. The van der Waals surface area contributed by atoms with E-state index in [0.29, 0.717) is 30.7 Å². The van der Waals surface area contributed by atoms with E-state index in [-0.39, 0.29) is 0 Å². The van der Waals surface area contributed by atoms with Gasteiger partial charge in [0.25, 0.3) is 0 Å². The zero-order valence-corrected chi connectivity index (χ0v) is 14.4. The first-order chi connectivity index (χ1) is 11.2. The monoisotopic (exact) mass is 351 g/mol. The Morgan fingerprint density at radius 1 is 1.35 bits per heavy atom. The highest BCUT2D eigenvalue weighted by atomic mass is 35.5. The van der Waals surface area contributed by atoms with Crippen molar-refractivity contribution in [1.82, 2.24) is 19.3 Å². The fraction of sp³-hybridized carbons (Fsp3) is 0.400. The van der Waals surface area contributed by atoms with Gasteiger partial charge in [0.2, 0.25) is 0 Å². The van der Waals surface area contributed by atoms with E-state index in [1.807, 2.05) is 31.4 Å². The van der Waals surface area contributed by atoms with Gasteiger partial charge in [-0.1, -0.05) is 11.6 Å². The number of halogens is 1. The molecule has 1 saturated heterocycles. The molecule has 6 nitrogen and oxygen atoms in total. The van der Waals surface area contributed by atoms with Crippen LogP contribution in [0.3, 0.4) is 0 Å². The first kappa shape index (κ1) is 16.4. The van der Waals surface area contributed by atoms with E-state index in [9.17, 15) is 0 Å². The molecule has 0 bridgehead atoms. The van der Waals surface area contributed by atoms with Gasteiger partial charge in [-0.05, 0) is 31.1 Å². The quantitative estimate of drug-likeness (QED) is 0.606. The van der Waals surface area contributed by atoms with Crippen molar-refractivity contribution in [2.45, 2.75) is 11.4 Å². The number of pyridine rings is 1. The predicted octanol–water partition coefficient (Wildman–Crippen LogP) is 2.50. The fourth-order valence-corrected chi connectivity index (χ4v) is 3.27. The molecule has 23 heavy (non-hydrogen) atoms. The average Bonchev–Trinajstić information content (AvgIpc) is 2.56. The van der Waals surface area contributed by atoms with E-state index in [4.69, 9.17) is 16.3 Å². The second kappa shape index (κ2) is 7.92. The summed E-state index contributed by atoms with van der Waals surface area (Å²) in [6.45, 7) is 3.68. The molecule has 2 aromatic rings. The van der Waals surface area contributed by atoms with Crippen molar-refractivity contribution in [1.29, 1.82) is 0 Å². The van der Waals surface area contributed by atoms with E-state index in [0.717, 1.165) is 23.8 Å². The van der Waals surface area contributed by atoms with E-state index < -0.39 is 0 Å². The summed E-state index contributed by atoms with van der Waals surface area (Å²) in [5, 5.41) is 0.469. The minimum Gasteiger partial charge on any atom is -0.378 e. The number of ether oxygens (including phenoxy) is 1. The predicted molar refractivity (Wildman–Crippen MR) is 91.6 cm³/mol. The van der Waals surface area contributed by atoms with Crippen LogP contribution in [0.5, 0.6) is 0 Å². The second-order valence-electron chi connectivity index (χ2n) is 5.13. The Morgan fingerprint density at radius 2 is 2.17 bits per heavy atom. The number of rotatable bonds is 5. The van der Waals surface area contributed by atoms with Gasteiger partial charge in [-0.2, -0.15) is 0 Å². The molecule has 0 aromatic carbocycles. The topological polar surface area (TPSA) is 54.4 Å². The molecule has 3 rings (SSSR count). The summed E-state index contributed by atoms with van der Waals surface area (Å²) < 4.78 is 7.44. The minimum atomic E-state index is 0.469. The zero-order valence-electron chi connectivity index (χ0n) is 12.9. The highest BCUT2D eigenvalue weighted by Gasteiger charge is 2.15. The maximum absolute atomic E-state index is 6.17. The molecule has 0 saturated carbocycles. The Labute approximate surface area is 145 Å². The molecule has 1 fully saturated rings. The van der Waals surface area contributed by atoms with Crippen molar-refractivity contribution in [2.75, 3.05) is 38.3 Å². The molecule has 0 unspecified atom stereocenters. The van der Waals surface area contributed by atoms with E-state index in [1.54, 1.807) is 18.1 Å². The standard InChI is InChI=1S/C15H18ClN5OS/c1-20(23-12-3-2-4-17-10-12)11-14-18-13(16)9-15(19-14)21-5-7-22-8-6-21/h2-4,9-10H,5-8,11H2,1H3. The third kappa shape index (κ3) is 4.78. The van der Waals surface area contributed by atoms with Gasteiger partial charge in [-0.3, -0.25) is 4.98 Å². The summed E-state index contributed by atoms with van der Waals surface area (Å²) in [6, 6.07) is 5.75. The summed E-state index contributed by atoms with van der Waals surface area (Å²) in [4.78, 5) is 16.3. The first-order valence-electron chi connectivity index (χ1n) is 7.36. The van der Waals surface area contributed by atoms with Crippen molar-refractivity contribution in [3.63, 3.8) is 0 Å². The van der Waals surface area contributed by atoms with Crippen LogP contribution in [0.1, 0.15) is 5.82 Å². The normalized spacial score (nSPS) is 15.2. The van der Waals surface area contributed by atoms with Crippen molar-refractivity contribution in [3.05, 3.63) is 41.6 Å². The lowest BCUT2D eigenvalue weighted by Crippen LogP contribution is -2.37. The van der Waals surface area contributed by atoms with Gasteiger partial charge in [0.1, 0.15) is 16.8 Å². The molecule has 8 heteroatoms. The Balaban J connectivity index is 1.68. The molecule has 0 radical (unpaired) electrons. The largest absolute Gasteiger partial charge is 0.378 e. The Hall–Kier alpha value is -1.41. The van der Waals surface area contributed by atoms with Crippen LogP contribution >= 0.6 is 23.5 Å². The van der Waals surface area contributed by atoms with Gasteiger partial charge in [0, 0.05) is 36.4 Å². The molecule has 3 heterocycles. The van der Waals surface area contributed by atoms with Crippen molar-refractivity contribution >= 4 is 29.4 Å². The van der Waals surface area contributed by atoms with E-state index in [2.05, 4.69) is 24.2 Å². The molecule has 0 spiro atoms. The summed E-state index contributed by atoms with van der Waals surface area (Å²) in [7, 11) is 2.00. The molecule has 0 amide bonds. The lowest BCUT2D eigenvalue weighted by Gasteiger charge is -2.28. The first-order valence-corrected chi connectivity index (χ1v) is 8.51. The Bertz CT molecular complexity index is 639. The van der Waals surface area contributed by atoms with Gasteiger partial charge in [0.15, 0.2) is 0 Å². The molecule has 0 atom stereocenters. The van der Waals surface area contributed by atoms with Gasteiger partial charge in [-0.15, -0.1) is 0 Å². The Morgan fingerprint density at radius 3 is 2.91 bits per heavy atom. The lowest BCUT2D eigenvalue weighted by molar-refractivity contribution is 0.122. The number of hydrogen-bond acceptors (Lipinski definition) is 7. The third-order valence-electron chi connectivity index (χ3n) is 3.32. The number of aromatic nitrogens is 3. The van der Waals surface area contributed by atoms with Crippen LogP contribution in [0.2, 0.25) is 5.15 Å². The van der Waals surface area contributed by atoms with Crippen molar-refractivity contribution < 1.29 is 4.74 Å². The van der Waals surface area contributed by atoms with Crippen LogP contribution < -0.4 is 4.90 Å². The molecule has 0 aliphatic carbocycles. The number of hydrogen-bond donors (Lipinski definition) is 0. The maximum Gasteiger partial charge on any atom is 0.147 e. The van der Waals surface area contributed by atoms with Crippen LogP contribution in [0.15, 0.2) is 35.5 Å². The number of nitrogens with zero attached hydrogens (tertiary/aromatic N) is 5. The van der Waals surface area contributed by atoms with Crippen molar-refractivity contribution in [2.24, 2.45) is 0 Å². The van der Waals surface area contributed by atoms with Crippen LogP contribution in [0.25, 0.3) is 0 Å². The van der Waals surface area contributed by atoms with Crippen LogP contribution in [0.4, 0.5) is 5.82 Å². The van der Waals surface area contributed by atoms with E-state index >= 15 is 0 Å². The van der Waals surface area contributed by atoms with E-state index in [1.165, 1.54) is 0 Å².